The number of hydrogen-bond donors (Lipinski definition) is 1. The summed E-state index contributed by atoms with van der Waals surface area (Å²) >= 11 is 0. The van der Waals surface area contributed by atoms with Gasteiger partial charge in [-0.25, -0.2) is 4.18 Å². The standard InChI is InChI=1S/C28H49NO5S/c1-2-3-4-5-6-7-8-9-10-11-12-13-14-17-22-33-24-28(25-34-35(30,31)32)29-21-20-26-18-15-16-19-27(26)23-29/h15-16,18-19,28H,2-14,17,20-25H2,1H3,(H,30,31,32). The predicted molar refractivity (Wildman–Crippen MR) is 143 cm³/mol. The van der Waals surface area contributed by atoms with Crippen LogP contribution in [-0.4, -0.2) is 50.3 Å². The van der Waals surface area contributed by atoms with Crippen LogP contribution in [0.3, 0.4) is 0 Å². The van der Waals surface area contributed by atoms with E-state index in [1.54, 1.807) is 0 Å². The quantitative estimate of drug-likeness (QED) is 0.146. The molecule has 1 aliphatic heterocycles. The first-order chi connectivity index (χ1) is 17.0. The van der Waals surface area contributed by atoms with E-state index < -0.39 is 10.4 Å². The molecule has 0 radical (unpaired) electrons. The molecule has 35 heavy (non-hydrogen) atoms. The van der Waals surface area contributed by atoms with Crippen LogP contribution in [-0.2, 0) is 32.3 Å². The van der Waals surface area contributed by atoms with Crippen molar-refractivity contribution in [2.75, 3.05) is 26.4 Å². The summed E-state index contributed by atoms with van der Waals surface area (Å²) in [7, 11) is -4.46. The largest absolute Gasteiger partial charge is 0.397 e. The van der Waals surface area contributed by atoms with Crippen LogP contribution in [0, 0.1) is 0 Å². The molecule has 202 valence electrons. The second kappa shape index (κ2) is 18.3. The molecule has 1 atom stereocenters. The third-order valence-corrected chi connectivity index (χ3v) is 7.47. The maximum atomic E-state index is 11.1. The van der Waals surface area contributed by atoms with Crippen LogP contribution in [0.1, 0.15) is 108 Å². The zero-order valence-electron chi connectivity index (χ0n) is 22.0. The van der Waals surface area contributed by atoms with Gasteiger partial charge in [0.2, 0.25) is 0 Å². The Morgan fingerprint density at radius 1 is 0.829 bits per heavy atom. The van der Waals surface area contributed by atoms with Gasteiger partial charge < -0.3 is 4.74 Å². The van der Waals surface area contributed by atoms with Gasteiger partial charge >= 0.3 is 10.4 Å². The van der Waals surface area contributed by atoms with Gasteiger partial charge in [0.15, 0.2) is 0 Å². The van der Waals surface area contributed by atoms with E-state index in [1.165, 1.54) is 94.6 Å². The van der Waals surface area contributed by atoms with Crippen LogP contribution in [0.4, 0.5) is 0 Å². The summed E-state index contributed by atoms with van der Waals surface area (Å²) in [6.07, 6.45) is 19.5. The molecule has 0 amide bonds. The highest BCUT2D eigenvalue weighted by Crippen LogP contribution is 2.21. The van der Waals surface area contributed by atoms with Crippen LogP contribution in [0.15, 0.2) is 24.3 Å². The third-order valence-electron chi connectivity index (χ3n) is 7.04. The monoisotopic (exact) mass is 511 g/mol. The van der Waals surface area contributed by atoms with E-state index in [1.807, 2.05) is 12.1 Å². The molecule has 1 N–H and O–H groups in total. The fourth-order valence-electron chi connectivity index (χ4n) is 4.87. The maximum absolute atomic E-state index is 11.1. The van der Waals surface area contributed by atoms with Crippen LogP contribution in [0.5, 0.6) is 0 Å². The predicted octanol–water partition coefficient (Wildman–Crippen LogP) is 6.73. The van der Waals surface area contributed by atoms with Gasteiger partial charge in [0.05, 0.1) is 19.3 Å². The van der Waals surface area contributed by atoms with Gasteiger partial charge in [-0.05, 0) is 24.0 Å². The molecule has 1 aromatic rings. The van der Waals surface area contributed by atoms with Gasteiger partial charge in [-0.3, -0.25) is 9.45 Å². The molecule has 6 nitrogen and oxygen atoms in total. The van der Waals surface area contributed by atoms with Crippen molar-refractivity contribution in [1.82, 2.24) is 4.90 Å². The normalized spacial score (nSPS) is 15.3. The Morgan fingerprint density at radius 3 is 1.94 bits per heavy atom. The molecule has 0 saturated carbocycles. The fourth-order valence-corrected chi connectivity index (χ4v) is 5.20. The molecule has 0 aliphatic carbocycles. The first kappa shape index (κ1) is 30.2. The van der Waals surface area contributed by atoms with E-state index in [-0.39, 0.29) is 12.6 Å². The van der Waals surface area contributed by atoms with Crippen molar-refractivity contribution in [2.24, 2.45) is 0 Å². The molecule has 1 aliphatic rings. The number of hydrogen-bond acceptors (Lipinski definition) is 5. The Morgan fingerprint density at radius 2 is 1.37 bits per heavy atom. The molecule has 1 heterocycles. The Bertz CT molecular complexity index is 770. The summed E-state index contributed by atoms with van der Waals surface area (Å²) in [5.74, 6) is 0. The van der Waals surface area contributed by atoms with Gasteiger partial charge in [0.25, 0.3) is 0 Å². The fraction of sp³-hybridized carbons (Fsp3) is 0.786. The first-order valence-electron chi connectivity index (χ1n) is 14.0. The highest BCUT2D eigenvalue weighted by atomic mass is 32.3. The summed E-state index contributed by atoms with van der Waals surface area (Å²) in [6.45, 7) is 4.79. The average Bonchev–Trinajstić information content (AvgIpc) is 2.84. The van der Waals surface area contributed by atoms with Gasteiger partial charge in [0, 0.05) is 19.7 Å². The van der Waals surface area contributed by atoms with Crippen LogP contribution >= 0.6 is 0 Å². The lowest BCUT2D eigenvalue weighted by molar-refractivity contribution is 0.0279. The Balaban J connectivity index is 1.53. The van der Waals surface area contributed by atoms with Crippen LogP contribution < -0.4 is 0 Å². The van der Waals surface area contributed by atoms with Crippen LogP contribution in [0.2, 0.25) is 0 Å². The number of benzene rings is 1. The Labute approximate surface area is 214 Å². The van der Waals surface area contributed by atoms with Gasteiger partial charge in [-0.15, -0.1) is 0 Å². The summed E-state index contributed by atoms with van der Waals surface area (Å²) in [5.41, 5.74) is 2.59. The SMILES string of the molecule is CCCCCCCCCCCCCCCCOCC(COS(=O)(=O)O)N1CCc2ccccc2C1. The highest BCUT2D eigenvalue weighted by molar-refractivity contribution is 7.80. The maximum Gasteiger partial charge on any atom is 0.397 e. The number of unbranched alkanes of at least 4 members (excludes halogenated alkanes) is 13. The molecular weight excluding hydrogens is 462 g/mol. The molecule has 0 spiro atoms. The molecular formula is C28H49NO5S. The van der Waals surface area contributed by atoms with Crippen molar-refractivity contribution in [3.8, 4) is 0 Å². The number of nitrogens with zero attached hydrogens (tertiary/aromatic N) is 1. The number of ether oxygens (including phenoxy) is 1. The summed E-state index contributed by atoms with van der Waals surface area (Å²) in [6, 6.07) is 8.11. The van der Waals surface area contributed by atoms with Gasteiger partial charge in [-0.2, -0.15) is 8.42 Å². The zero-order valence-corrected chi connectivity index (χ0v) is 22.8. The molecule has 0 bridgehead atoms. The van der Waals surface area contributed by atoms with Crippen molar-refractivity contribution in [2.45, 2.75) is 116 Å². The smallest absolute Gasteiger partial charge is 0.380 e. The van der Waals surface area contributed by atoms with Gasteiger partial charge in [-0.1, -0.05) is 115 Å². The third kappa shape index (κ3) is 14.4. The van der Waals surface area contributed by atoms with Crippen LogP contribution in [0.25, 0.3) is 0 Å². The second-order valence-corrected chi connectivity index (χ2v) is 11.1. The topological polar surface area (TPSA) is 76.1 Å². The Kier molecular flexibility index (Phi) is 15.8. The Hall–Kier alpha value is -0.990. The summed E-state index contributed by atoms with van der Waals surface area (Å²) in [4.78, 5) is 2.19. The zero-order chi connectivity index (χ0) is 25.2. The van der Waals surface area contributed by atoms with E-state index in [9.17, 15) is 8.42 Å². The lowest BCUT2D eigenvalue weighted by Crippen LogP contribution is -2.45. The van der Waals surface area contributed by atoms with Crippen molar-refractivity contribution in [3.05, 3.63) is 35.4 Å². The molecule has 1 unspecified atom stereocenters. The van der Waals surface area contributed by atoms with E-state index >= 15 is 0 Å². The molecule has 7 heteroatoms. The van der Waals surface area contributed by atoms with Gasteiger partial charge in [0.1, 0.15) is 0 Å². The molecule has 1 aromatic carbocycles. The highest BCUT2D eigenvalue weighted by Gasteiger charge is 2.25. The minimum absolute atomic E-state index is 0.0975. The second-order valence-electron chi connectivity index (χ2n) is 10.0. The van der Waals surface area contributed by atoms with Crippen molar-refractivity contribution in [3.63, 3.8) is 0 Å². The summed E-state index contributed by atoms with van der Waals surface area (Å²) in [5, 5.41) is 0. The van der Waals surface area contributed by atoms with Crippen molar-refractivity contribution in [1.29, 1.82) is 0 Å². The minimum atomic E-state index is -4.46. The molecule has 0 fully saturated rings. The first-order valence-corrected chi connectivity index (χ1v) is 15.4. The summed E-state index contributed by atoms with van der Waals surface area (Å²) < 4.78 is 41.9. The van der Waals surface area contributed by atoms with Crippen molar-refractivity contribution < 1.29 is 21.9 Å². The number of fused-ring (bicyclic) bond motifs is 1. The lowest BCUT2D eigenvalue weighted by Gasteiger charge is -2.35. The van der Waals surface area contributed by atoms with E-state index in [4.69, 9.17) is 13.5 Å². The minimum Gasteiger partial charge on any atom is -0.380 e. The number of rotatable bonds is 21. The van der Waals surface area contributed by atoms with E-state index in [0.29, 0.717) is 13.2 Å². The molecule has 0 saturated heterocycles. The van der Waals surface area contributed by atoms with Crippen molar-refractivity contribution >= 4 is 10.4 Å². The average molecular weight is 512 g/mol. The lowest BCUT2D eigenvalue weighted by atomic mass is 9.99. The molecule has 2 rings (SSSR count). The van der Waals surface area contributed by atoms with E-state index in [0.717, 1.165) is 25.9 Å². The molecule has 0 aromatic heterocycles. The van der Waals surface area contributed by atoms with E-state index in [2.05, 4.69) is 24.0 Å².